The van der Waals surface area contributed by atoms with Crippen LogP contribution in [0.4, 0.5) is 0 Å². The van der Waals surface area contributed by atoms with Crippen LogP contribution in [0.3, 0.4) is 0 Å². The van der Waals surface area contributed by atoms with E-state index in [4.69, 9.17) is 10.5 Å². The van der Waals surface area contributed by atoms with E-state index in [1.165, 1.54) is 36.0 Å². The summed E-state index contributed by atoms with van der Waals surface area (Å²) in [6, 6.07) is 6.88. The van der Waals surface area contributed by atoms with Gasteiger partial charge in [-0.3, -0.25) is 0 Å². The van der Waals surface area contributed by atoms with Gasteiger partial charge in [-0.2, -0.15) is 0 Å². The first-order valence-electron chi connectivity index (χ1n) is 7.03. The van der Waals surface area contributed by atoms with Crippen molar-refractivity contribution < 1.29 is 4.74 Å². The van der Waals surface area contributed by atoms with Crippen LogP contribution >= 0.6 is 0 Å². The second-order valence-electron chi connectivity index (χ2n) is 5.80. The zero-order valence-corrected chi connectivity index (χ0v) is 11.8. The molecule has 0 fully saturated rings. The molecule has 0 spiro atoms. The summed E-state index contributed by atoms with van der Waals surface area (Å²) < 4.78 is 5.73. The summed E-state index contributed by atoms with van der Waals surface area (Å²) in [5.74, 6) is 0. The summed E-state index contributed by atoms with van der Waals surface area (Å²) in [5.41, 5.74) is 10.4. The van der Waals surface area contributed by atoms with Crippen LogP contribution in [0.2, 0.25) is 0 Å². The Hall–Kier alpha value is -0.860. The standard InChI is InChI=1S/C16H25NO/c1-4-18-16(2,3)15(17)11-12-8-9-13-6-5-7-14(13)10-12/h8-10,15H,4-7,11,17H2,1-3H3. The quantitative estimate of drug-likeness (QED) is 0.868. The van der Waals surface area contributed by atoms with E-state index in [1.54, 1.807) is 0 Å². The van der Waals surface area contributed by atoms with Crippen LogP contribution in [-0.4, -0.2) is 18.2 Å². The zero-order chi connectivity index (χ0) is 13.2. The maximum absolute atomic E-state index is 6.29. The second-order valence-corrected chi connectivity index (χ2v) is 5.80. The van der Waals surface area contributed by atoms with Gasteiger partial charge in [0.25, 0.3) is 0 Å². The van der Waals surface area contributed by atoms with Gasteiger partial charge >= 0.3 is 0 Å². The van der Waals surface area contributed by atoms with Crippen LogP contribution in [0.5, 0.6) is 0 Å². The molecule has 0 aromatic heterocycles. The van der Waals surface area contributed by atoms with Crippen LogP contribution in [-0.2, 0) is 24.0 Å². The molecule has 0 saturated heterocycles. The minimum absolute atomic E-state index is 0.0388. The Morgan fingerprint density at radius 3 is 2.72 bits per heavy atom. The van der Waals surface area contributed by atoms with Gasteiger partial charge in [-0.1, -0.05) is 18.2 Å². The normalized spacial score (nSPS) is 16.7. The van der Waals surface area contributed by atoms with Crippen molar-refractivity contribution in [2.24, 2.45) is 5.73 Å². The molecule has 1 aromatic carbocycles. The number of benzene rings is 1. The van der Waals surface area contributed by atoms with Crippen molar-refractivity contribution in [2.45, 2.75) is 58.1 Å². The fraction of sp³-hybridized carbons (Fsp3) is 0.625. The Morgan fingerprint density at radius 2 is 2.00 bits per heavy atom. The number of hydrogen-bond acceptors (Lipinski definition) is 2. The van der Waals surface area contributed by atoms with Gasteiger partial charge in [-0.15, -0.1) is 0 Å². The predicted molar refractivity (Wildman–Crippen MR) is 75.9 cm³/mol. The third-order valence-electron chi connectivity index (χ3n) is 4.03. The van der Waals surface area contributed by atoms with Gasteiger partial charge in [-0.25, -0.2) is 0 Å². The second kappa shape index (κ2) is 5.41. The number of rotatable bonds is 5. The largest absolute Gasteiger partial charge is 0.374 e. The highest BCUT2D eigenvalue weighted by molar-refractivity contribution is 5.35. The van der Waals surface area contributed by atoms with Gasteiger partial charge < -0.3 is 10.5 Å². The Bertz CT molecular complexity index is 412. The molecule has 0 aliphatic heterocycles. The van der Waals surface area contributed by atoms with Crippen molar-refractivity contribution in [3.05, 3.63) is 34.9 Å². The van der Waals surface area contributed by atoms with E-state index in [9.17, 15) is 0 Å². The number of ether oxygens (including phenoxy) is 1. The third kappa shape index (κ3) is 2.93. The van der Waals surface area contributed by atoms with Crippen molar-refractivity contribution in [1.29, 1.82) is 0 Å². The third-order valence-corrected chi connectivity index (χ3v) is 4.03. The van der Waals surface area contributed by atoms with Gasteiger partial charge in [0.1, 0.15) is 0 Å². The molecule has 0 radical (unpaired) electrons. The molecule has 0 heterocycles. The molecule has 2 heteroatoms. The minimum atomic E-state index is -0.256. The van der Waals surface area contributed by atoms with Crippen molar-refractivity contribution in [2.75, 3.05) is 6.61 Å². The summed E-state index contributed by atoms with van der Waals surface area (Å²) in [5, 5.41) is 0. The van der Waals surface area contributed by atoms with Crippen LogP contribution in [0.15, 0.2) is 18.2 Å². The monoisotopic (exact) mass is 247 g/mol. The summed E-state index contributed by atoms with van der Waals surface area (Å²) in [7, 11) is 0. The smallest absolute Gasteiger partial charge is 0.0779 e. The molecule has 0 amide bonds. The minimum Gasteiger partial charge on any atom is -0.374 e. The number of aryl methyl sites for hydroxylation is 2. The lowest BCUT2D eigenvalue weighted by Gasteiger charge is -2.31. The van der Waals surface area contributed by atoms with E-state index in [1.807, 2.05) is 6.92 Å². The molecule has 0 bridgehead atoms. The number of fused-ring (bicyclic) bond motifs is 1. The molecule has 2 rings (SSSR count). The molecule has 2 nitrogen and oxygen atoms in total. The Labute approximate surface area is 111 Å². The first-order valence-corrected chi connectivity index (χ1v) is 7.03. The zero-order valence-electron chi connectivity index (χ0n) is 11.8. The molecule has 1 aromatic rings. The fourth-order valence-electron chi connectivity index (χ4n) is 2.73. The van der Waals surface area contributed by atoms with E-state index in [0.717, 1.165) is 6.42 Å². The maximum atomic E-state index is 6.29. The van der Waals surface area contributed by atoms with Crippen LogP contribution < -0.4 is 5.73 Å². The fourth-order valence-corrected chi connectivity index (χ4v) is 2.73. The molecule has 1 aliphatic carbocycles. The molecule has 18 heavy (non-hydrogen) atoms. The van der Waals surface area contributed by atoms with Crippen molar-refractivity contribution >= 4 is 0 Å². The average molecular weight is 247 g/mol. The van der Waals surface area contributed by atoms with Gasteiger partial charge in [-0.05, 0) is 63.1 Å². The van der Waals surface area contributed by atoms with E-state index in [0.29, 0.717) is 6.61 Å². The van der Waals surface area contributed by atoms with Gasteiger partial charge in [0.15, 0.2) is 0 Å². The van der Waals surface area contributed by atoms with E-state index in [2.05, 4.69) is 32.0 Å². The Kier molecular flexibility index (Phi) is 4.08. The Morgan fingerprint density at radius 1 is 1.28 bits per heavy atom. The topological polar surface area (TPSA) is 35.2 Å². The lowest BCUT2D eigenvalue weighted by molar-refractivity contribution is -0.0288. The molecule has 1 aliphatic rings. The van der Waals surface area contributed by atoms with E-state index >= 15 is 0 Å². The van der Waals surface area contributed by atoms with Gasteiger partial charge in [0.2, 0.25) is 0 Å². The number of hydrogen-bond donors (Lipinski definition) is 1. The summed E-state index contributed by atoms with van der Waals surface area (Å²) in [4.78, 5) is 0. The SMILES string of the molecule is CCOC(C)(C)C(N)Cc1ccc2c(c1)CCC2. The number of nitrogens with two attached hydrogens (primary N) is 1. The van der Waals surface area contributed by atoms with Crippen LogP contribution in [0, 0.1) is 0 Å². The first-order chi connectivity index (χ1) is 8.53. The van der Waals surface area contributed by atoms with Crippen molar-refractivity contribution in [3.63, 3.8) is 0 Å². The Balaban J connectivity index is 2.05. The molecule has 0 saturated carbocycles. The lowest BCUT2D eigenvalue weighted by Crippen LogP contribution is -2.46. The average Bonchev–Trinajstić information content (AvgIpc) is 2.76. The molecular weight excluding hydrogens is 222 g/mol. The summed E-state index contributed by atoms with van der Waals surface area (Å²) >= 11 is 0. The highest BCUT2D eigenvalue weighted by Gasteiger charge is 2.27. The first kappa shape index (κ1) is 13.6. The van der Waals surface area contributed by atoms with Crippen LogP contribution in [0.25, 0.3) is 0 Å². The van der Waals surface area contributed by atoms with Crippen LogP contribution in [0.1, 0.15) is 43.9 Å². The van der Waals surface area contributed by atoms with Crippen molar-refractivity contribution in [1.82, 2.24) is 0 Å². The molecular formula is C16H25NO. The molecule has 1 unspecified atom stereocenters. The van der Waals surface area contributed by atoms with E-state index < -0.39 is 0 Å². The van der Waals surface area contributed by atoms with E-state index in [-0.39, 0.29) is 11.6 Å². The lowest BCUT2D eigenvalue weighted by atomic mass is 9.92. The highest BCUT2D eigenvalue weighted by atomic mass is 16.5. The van der Waals surface area contributed by atoms with Gasteiger partial charge in [0, 0.05) is 12.6 Å². The molecule has 100 valence electrons. The summed E-state index contributed by atoms with van der Waals surface area (Å²) in [6.07, 6.45) is 4.66. The summed E-state index contributed by atoms with van der Waals surface area (Å²) in [6.45, 7) is 6.89. The molecule has 1 atom stereocenters. The van der Waals surface area contributed by atoms with Crippen molar-refractivity contribution in [3.8, 4) is 0 Å². The van der Waals surface area contributed by atoms with Gasteiger partial charge in [0.05, 0.1) is 5.60 Å². The molecule has 2 N–H and O–H groups in total. The highest BCUT2D eigenvalue weighted by Crippen LogP contribution is 2.24. The predicted octanol–water partition coefficient (Wildman–Crippen LogP) is 2.86. The maximum Gasteiger partial charge on any atom is 0.0779 e.